The number of anilines is 2. The van der Waals surface area contributed by atoms with Gasteiger partial charge in [-0.25, -0.2) is 9.97 Å². The summed E-state index contributed by atoms with van der Waals surface area (Å²) in [5.41, 5.74) is 2.91. The second-order valence-corrected chi connectivity index (χ2v) is 11.7. The summed E-state index contributed by atoms with van der Waals surface area (Å²) in [5, 5.41) is 1.05. The Balaban J connectivity index is 1.05. The highest BCUT2D eigenvalue weighted by molar-refractivity contribution is 7.98. The number of likely N-dealkylation sites (tertiary alicyclic amines) is 1. The van der Waals surface area contributed by atoms with Crippen LogP contribution < -0.4 is 14.5 Å². The second-order valence-electron chi connectivity index (χ2n) is 10.4. The molecular weight excluding hydrogens is 562 g/mol. The molecule has 3 aliphatic rings. The van der Waals surface area contributed by atoms with E-state index in [0.717, 1.165) is 43.3 Å². The second kappa shape index (κ2) is 12.4. The number of halogens is 1. The molecule has 9 nitrogen and oxygen atoms in total. The minimum Gasteiger partial charge on any atom is -0.497 e. The van der Waals surface area contributed by atoms with Gasteiger partial charge in [0.05, 0.1) is 20.3 Å². The molecule has 0 unspecified atom stereocenters. The van der Waals surface area contributed by atoms with Gasteiger partial charge in [0.15, 0.2) is 10.9 Å². The van der Waals surface area contributed by atoms with Gasteiger partial charge in [-0.15, -0.1) is 0 Å². The SMILES string of the molecule is COc1ccc(N2CCN(c3cc(Cl)nc(SCc4cccc(C(=O)N5CCC6(CC5)OCCO6)c4)n3)CC2)cc1. The van der Waals surface area contributed by atoms with Gasteiger partial charge < -0.3 is 28.9 Å². The Hall–Kier alpha value is -3.05. The first-order valence-electron chi connectivity index (χ1n) is 14.0. The van der Waals surface area contributed by atoms with Crippen LogP contribution in [-0.2, 0) is 15.2 Å². The monoisotopic (exact) mass is 595 g/mol. The lowest BCUT2D eigenvalue weighted by Crippen LogP contribution is -2.47. The largest absolute Gasteiger partial charge is 0.497 e. The molecule has 216 valence electrons. The van der Waals surface area contributed by atoms with Crippen LogP contribution in [0.1, 0.15) is 28.8 Å². The zero-order valence-corrected chi connectivity index (χ0v) is 24.7. The number of ether oxygens (including phenoxy) is 3. The summed E-state index contributed by atoms with van der Waals surface area (Å²) in [7, 11) is 1.68. The molecule has 3 aromatic rings. The van der Waals surface area contributed by atoms with Crippen molar-refractivity contribution < 1.29 is 19.0 Å². The molecule has 6 rings (SSSR count). The van der Waals surface area contributed by atoms with Crippen molar-refractivity contribution >= 4 is 40.8 Å². The van der Waals surface area contributed by atoms with Gasteiger partial charge in [0.2, 0.25) is 0 Å². The van der Waals surface area contributed by atoms with Gasteiger partial charge in [0.1, 0.15) is 16.7 Å². The number of piperidine rings is 1. The summed E-state index contributed by atoms with van der Waals surface area (Å²) < 4.78 is 16.9. The first kappa shape index (κ1) is 28.1. The van der Waals surface area contributed by atoms with E-state index in [1.807, 2.05) is 47.4 Å². The number of rotatable bonds is 7. The quantitative estimate of drug-likeness (QED) is 0.219. The zero-order chi connectivity index (χ0) is 28.2. The van der Waals surface area contributed by atoms with Crippen LogP contribution in [0.25, 0.3) is 0 Å². The number of amides is 1. The maximum absolute atomic E-state index is 13.2. The molecule has 0 atom stereocenters. The van der Waals surface area contributed by atoms with Crippen molar-refractivity contribution in [3.05, 3.63) is 70.9 Å². The van der Waals surface area contributed by atoms with Crippen molar-refractivity contribution in [2.45, 2.75) is 29.5 Å². The predicted molar refractivity (Wildman–Crippen MR) is 160 cm³/mol. The number of hydrogen-bond acceptors (Lipinski definition) is 9. The molecular formula is C30H34ClN5O4S. The van der Waals surface area contributed by atoms with Gasteiger partial charge in [-0.3, -0.25) is 4.79 Å². The van der Waals surface area contributed by atoms with Crippen molar-refractivity contribution in [1.29, 1.82) is 0 Å². The average molecular weight is 596 g/mol. The van der Waals surface area contributed by atoms with Crippen LogP contribution in [0.2, 0.25) is 5.15 Å². The van der Waals surface area contributed by atoms with Crippen LogP contribution in [-0.4, -0.2) is 86.2 Å². The summed E-state index contributed by atoms with van der Waals surface area (Å²) >= 11 is 7.94. The van der Waals surface area contributed by atoms with Gasteiger partial charge in [-0.1, -0.05) is 35.5 Å². The number of aromatic nitrogens is 2. The van der Waals surface area contributed by atoms with Gasteiger partial charge in [0, 0.05) is 75.2 Å². The summed E-state index contributed by atoms with van der Waals surface area (Å²) in [6, 6.07) is 17.8. The molecule has 4 heterocycles. The van der Waals surface area contributed by atoms with Crippen LogP contribution in [0.3, 0.4) is 0 Å². The zero-order valence-electron chi connectivity index (χ0n) is 23.1. The topological polar surface area (TPSA) is 80.3 Å². The Morgan fingerprint density at radius 1 is 0.951 bits per heavy atom. The smallest absolute Gasteiger partial charge is 0.253 e. The Kier molecular flexibility index (Phi) is 8.52. The molecule has 0 N–H and O–H groups in total. The summed E-state index contributed by atoms with van der Waals surface area (Å²) in [4.78, 5) is 29.0. The van der Waals surface area contributed by atoms with Crippen LogP contribution in [0, 0.1) is 0 Å². The van der Waals surface area contributed by atoms with Crippen molar-refractivity contribution in [3.8, 4) is 5.75 Å². The fraction of sp³-hybridized carbons (Fsp3) is 0.433. The summed E-state index contributed by atoms with van der Waals surface area (Å²) in [6.45, 7) is 5.97. The summed E-state index contributed by atoms with van der Waals surface area (Å²) in [5.74, 6) is 1.88. The highest BCUT2D eigenvalue weighted by Crippen LogP contribution is 2.32. The van der Waals surface area contributed by atoms with E-state index in [4.69, 9.17) is 30.8 Å². The van der Waals surface area contributed by atoms with Crippen LogP contribution in [0.5, 0.6) is 5.75 Å². The molecule has 3 aliphatic heterocycles. The minimum absolute atomic E-state index is 0.0415. The van der Waals surface area contributed by atoms with Gasteiger partial charge in [-0.2, -0.15) is 0 Å². The number of benzene rings is 2. The molecule has 11 heteroatoms. The van der Waals surface area contributed by atoms with E-state index in [1.165, 1.54) is 17.4 Å². The third kappa shape index (κ3) is 6.56. The number of hydrogen-bond donors (Lipinski definition) is 0. The summed E-state index contributed by atoms with van der Waals surface area (Å²) in [6.07, 6.45) is 1.42. The maximum Gasteiger partial charge on any atom is 0.253 e. The number of piperazine rings is 1. The Morgan fingerprint density at radius 2 is 1.66 bits per heavy atom. The van der Waals surface area contributed by atoms with Gasteiger partial charge in [0.25, 0.3) is 5.91 Å². The Labute approximate surface area is 249 Å². The molecule has 1 aromatic heterocycles. The molecule has 3 saturated heterocycles. The lowest BCUT2D eigenvalue weighted by molar-refractivity contribution is -0.181. The van der Waals surface area contributed by atoms with E-state index >= 15 is 0 Å². The molecule has 0 aliphatic carbocycles. The lowest BCUT2D eigenvalue weighted by Gasteiger charge is -2.37. The maximum atomic E-state index is 13.2. The van der Waals surface area contributed by atoms with Crippen molar-refractivity contribution in [3.63, 3.8) is 0 Å². The molecule has 0 bridgehead atoms. The first-order valence-corrected chi connectivity index (χ1v) is 15.3. The number of thioether (sulfide) groups is 1. The van der Waals surface area contributed by atoms with E-state index in [-0.39, 0.29) is 5.91 Å². The number of carbonyl (C=O) groups is 1. The van der Waals surface area contributed by atoms with Crippen molar-refractivity contribution in [2.24, 2.45) is 0 Å². The highest BCUT2D eigenvalue weighted by Gasteiger charge is 2.40. The number of nitrogens with zero attached hydrogens (tertiary/aromatic N) is 5. The van der Waals surface area contributed by atoms with E-state index in [0.29, 0.717) is 60.8 Å². The van der Waals surface area contributed by atoms with Gasteiger partial charge in [-0.05, 0) is 42.0 Å². The Morgan fingerprint density at radius 3 is 2.37 bits per heavy atom. The predicted octanol–water partition coefficient (Wildman–Crippen LogP) is 4.74. The van der Waals surface area contributed by atoms with E-state index in [9.17, 15) is 4.79 Å². The van der Waals surface area contributed by atoms with E-state index < -0.39 is 5.79 Å². The average Bonchev–Trinajstić information content (AvgIpc) is 3.48. The molecule has 3 fully saturated rings. The third-order valence-corrected chi connectivity index (χ3v) is 8.98. The van der Waals surface area contributed by atoms with E-state index in [1.54, 1.807) is 7.11 Å². The van der Waals surface area contributed by atoms with E-state index in [2.05, 4.69) is 26.9 Å². The van der Waals surface area contributed by atoms with Crippen LogP contribution in [0.15, 0.2) is 59.8 Å². The lowest BCUT2D eigenvalue weighted by atomic mass is 10.0. The molecule has 1 spiro atoms. The fourth-order valence-electron chi connectivity index (χ4n) is 5.56. The minimum atomic E-state index is -0.491. The van der Waals surface area contributed by atoms with Crippen LogP contribution in [0.4, 0.5) is 11.5 Å². The number of carbonyl (C=O) groups excluding carboxylic acids is 1. The third-order valence-electron chi connectivity index (χ3n) is 7.87. The molecule has 2 aromatic carbocycles. The molecule has 41 heavy (non-hydrogen) atoms. The molecule has 0 saturated carbocycles. The first-order chi connectivity index (χ1) is 20.0. The standard InChI is InChI=1S/C30H34ClN5O4S/c1-38-25-7-5-24(6-8-25)34-13-15-35(16-14-34)27-20-26(31)32-29(33-27)41-21-22-3-2-4-23(19-22)28(37)36-11-9-30(10-12-36)39-17-18-40-30/h2-8,19-20H,9-18,21H2,1H3. The number of methoxy groups -OCH3 is 1. The van der Waals surface area contributed by atoms with Crippen molar-refractivity contribution in [1.82, 2.24) is 14.9 Å². The Bertz CT molecular complexity index is 1350. The molecule has 0 radical (unpaired) electrons. The van der Waals surface area contributed by atoms with Gasteiger partial charge >= 0.3 is 0 Å². The fourth-order valence-corrected chi connectivity index (χ4v) is 6.58. The molecule has 1 amide bonds. The van der Waals surface area contributed by atoms with Crippen LogP contribution >= 0.6 is 23.4 Å². The highest BCUT2D eigenvalue weighted by atomic mass is 35.5. The van der Waals surface area contributed by atoms with Crippen molar-refractivity contribution in [2.75, 3.05) is 69.4 Å². The normalized spacial score (nSPS) is 18.6.